The molecule has 3 nitrogen and oxygen atoms in total. The van der Waals surface area contributed by atoms with Crippen LogP contribution in [0.15, 0.2) is 69.9 Å². The lowest BCUT2D eigenvalue weighted by Crippen LogP contribution is -2.08. The molecule has 2 heterocycles. The summed E-state index contributed by atoms with van der Waals surface area (Å²) in [6.07, 6.45) is 2.67. The van der Waals surface area contributed by atoms with Gasteiger partial charge in [0.1, 0.15) is 23.7 Å². The van der Waals surface area contributed by atoms with E-state index in [0.717, 1.165) is 22.3 Å². The Bertz CT molecular complexity index is 983. The van der Waals surface area contributed by atoms with Gasteiger partial charge in [0.05, 0.1) is 0 Å². The number of hydrogen-bond donors (Lipinski definition) is 0. The number of ether oxygens (including phenoxy) is 1. The Balaban J connectivity index is 1.80. The van der Waals surface area contributed by atoms with E-state index in [1.165, 1.54) is 0 Å². The predicted molar refractivity (Wildman–Crippen MR) is 98.8 cm³/mol. The topological polar surface area (TPSA) is 39.4 Å². The van der Waals surface area contributed by atoms with Crippen LogP contribution in [0.1, 0.15) is 28.0 Å². The Kier molecular flexibility index (Phi) is 3.98. The molecule has 25 heavy (non-hydrogen) atoms. The van der Waals surface area contributed by atoms with E-state index in [0.29, 0.717) is 30.1 Å². The van der Waals surface area contributed by atoms with Crippen molar-refractivity contribution in [3.63, 3.8) is 0 Å². The zero-order chi connectivity index (χ0) is 17.2. The number of rotatable bonds is 3. The molecule has 0 saturated carbocycles. The Morgan fingerprint density at radius 1 is 1.00 bits per heavy atom. The van der Waals surface area contributed by atoms with Crippen molar-refractivity contribution in [2.75, 3.05) is 6.61 Å². The van der Waals surface area contributed by atoms with Crippen LogP contribution in [-0.2, 0) is 6.42 Å². The molecule has 0 atom stereocenters. The van der Waals surface area contributed by atoms with E-state index in [2.05, 4.69) is 12.1 Å². The maximum Gasteiger partial charge on any atom is 0.347 e. The van der Waals surface area contributed by atoms with Crippen molar-refractivity contribution >= 4 is 11.6 Å². The van der Waals surface area contributed by atoms with Crippen LogP contribution >= 0.6 is 0 Å². The van der Waals surface area contributed by atoms with Gasteiger partial charge in [-0.05, 0) is 24.1 Å². The van der Waals surface area contributed by atoms with Crippen LogP contribution in [-0.4, -0.2) is 6.61 Å². The molecule has 3 heteroatoms. The SMILES string of the molecule is Cc1oc(=O)c2c(c1Cc1ccccc1)OC/C2=C\c1ccccc1. The van der Waals surface area contributed by atoms with Gasteiger partial charge in [-0.1, -0.05) is 60.7 Å². The van der Waals surface area contributed by atoms with E-state index >= 15 is 0 Å². The molecule has 1 aliphatic heterocycles. The highest BCUT2D eigenvalue weighted by molar-refractivity contribution is 5.87. The predicted octanol–water partition coefficient (Wildman–Crippen LogP) is 4.47. The average molecular weight is 330 g/mol. The number of fused-ring (bicyclic) bond motifs is 1. The monoisotopic (exact) mass is 330 g/mol. The fourth-order valence-electron chi connectivity index (χ4n) is 3.18. The lowest BCUT2D eigenvalue weighted by atomic mass is 9.99. The molecule has 1 aromatic heterocycles. The number of hydrogen-bond acceptors (Lipinski definition) is 3. The Labute approximate surface area is 146 Å². The lowest BCUT2D eigenvalue weighted by Gasteiger charge is -2.09. The van der Waals surface area contributed by atoms with Gasteiger partial charge in [0.2, 0.25) is 0 Å². The first-order valence-electron chi connectivity index (χ1n) is 8.31. The maximum absolute atomic E-state index is 12.4. The van der Waals surface area contributed by atoms with Gasteiger partial charge in [-0.3, -0.25) is 0 Å². The Morgan fingerprint density at radius 3 is 2.40 bits per heavy atom. The first kappa shape index (κ1) is 15.5. The second-order valence-electron chi connectivity index (χ2n) is 6.16. The smallest absolute Gasteiger partial charge is 0.347 e. The zero-order valence-corrected chi connectivity index (χ0v) is 14.0. The quantitative estimate of drug-likeness (QED) is 0.711. The summed E-state index contributed by atoms with van der Waals surface area (Å²) in [7, 11) is 0. The van der Waals surface area contributed by atoms with Crippen molar-refractivity contribution in [2.24, 2.45) is 0 Å². The van der Waals surface area contributed by atoms with E-state index in [9.17, 15) is 4.79 Å². The second-order valence-corrected chi connectivity index (χ2v) is 6.16. The fourth-order valence-corrected chi connectivity index (χ4v) is 3.18. The molecule has 0 aliphatic carbocycles. The highest BCUT2D eigenvalue weighted by Crippen LogP contribution is 2.37. The molecule has 3 aromatic rings. The number of aryl methyl sites for hydroxylation is 1. The van der Waals surface area contributed by atoms with E-state index in [-0.39, 0.29) is 5.63 Å². The molecule has 0 bridgehead atoms. The Hall–Kier alpha value is -3.07. The van der Waals surface area contributed by atoms with Gasteiger partial charge in [0, 0.05) is 17.6 Å². The molecule has 0 spiro atoms. The average Bonchev–Trinajstić information content (AvgIpc) is 3.04. The van der Waals surface area contributed by atoms with Gasteiger partial charge in [-0.25, -0.2) is 4.79 Å². The Morgan fingerprint density at radius 2 is 1.68 bits per heavy atom. The van der Waals surface area contributed by atoms with Crippen LogP contribution in [0.5, 0.6) is 5.75 Å². The summed E-state index contributed by atoms with van der Waals surface area (Å²) in [5.41, 5.74) is 4.23. The standard InChI is InChI=1S/C22H18O3/c1-15-19(13-17-10-6-3-7-11-17)21-20(22(23)25-15)18(14-24-21)12-16-8-4-2-5-9-16/h2-12H,13-14H2,1H3/b18-12+. The summed E-state index contributed by atoms with van der Waals surface area (Å²) in [5.74, 6) is 1.29. The normalized spacial score (nSPS) is 14.4. The summed E-state index contributed by atoms with van der Waals surface area (Å²) in [4.78, 5) is 12.4. The molecular weight excluding hydrogens is 312 g/mol. The van der Waals surface area contributed by atoms with Gasteiger partial charge in [0.15, 0.2) is 0 Å². The van der Waals surface area contributed by atoms with Crippen LogP contribution in [0, 0.1) is 6.92 Å². The summed E-state index contributed by atoms with van der Waals surface area (Å²) in [6, 6.07) is 20.1. The second kappa shape index (κ2) is 6.44. The van der Waals surface area contributed by atoms with Crippen molar-refractivity contribution in [1.82, 2.24) is 0 Å². The molecule has 124 valence electrons. The first-order chi connectivity index (χ1) is 12.2. The van der Waals surface area contributed by atoms with Crippen molar-refractivity contribution in [1.29, 1.82) is 0 Å². The van der Waals surface area contributed by atoms with Gasteiger partial charge in [-0.15, -0.1) is 0 Å². The molecule has 2 aromatic carbocycles. The van der Waals surface area contributed by atoms with Crippen molar-refractivity contribution in [3.8, 4) is 5.75 Å². The van der Waals surface area contributed by atoms with Crippen LogP contribution < -0.4 is 10.4 Å². The van der Waals surface area contributed by atoms with E-state index < -0.39 is 0 Å². The summed E-state index contributed by atoms with van der Waals surface area (Å²) in [5, 5.41) is 0. The largest absolute Gasteiger partial charge is 0.488 e. The van der Waals surface area contributed by atoms with E-state index in [1.807, 2.05) is 61.5 Å². The zero-order valence-electron chi connectivity index (χ0n) is 14.0. The fraction of sp³-hybridized carbons (Fsp3) is 0.136. The van der Waals surface area contributed by atoms with Gasteiger partial charge in [-0.2, -0.15) is 0 Å². The molecule has 0 amide bonds. The molecule has 4 rings (SSSR count). The van der Waals surface area contributed by atoms with Crippen LogP contribution in [0.3, 0.4) is 0 Å². The van der Waals surface area contributed by atoms with Crippen molar-refractivity contribution in [3.05, 3.63) is 99.1 Å². The van der Waals surface area contributed by atoms with Crippen LogP contribution in [0.4, 0.5) is 0 Å². The van der Waals surface area contributed by atoms with Gasteiger partial charge in [0.25, 0.3) is 0 Å². The summed E-state index contributed by atoms with van der Waals surface area (Å²) in [6.45, 7) is 2.21. The highest BCUT2D eigenvalue weighted by Gasteiger charge is 2.27. The van der Waals surface area contributed by atoms with Crippen molar-refractivity contribution < 1.29 is 9.15 Å². The molecule has 0 radical (unpaired) electrons. The third kappa shape index (κ3) is 3.01. The van der Waals surface area contributed by atoms with Gasteiger partial charge < -0.3 is 9.15 Å². The minimum atomic E-state index is -0.330. The molecule has 0 fully saturated rings. The third-order valence-electron chi connectivity index (χ3n) is 4.43. The number of benzene rings is 2. The molecule has 0 N–H and O–H groups in total. The molecule has 1 aliphatic rings. The molecule has 0 saturated heterocycles. The molecular formula is C22H18O3. The van der Waals surface area contributed by atoms with Gasteiger partial charge >= 0.3 is 5.63 Å². The third-order valence-corrected chi connectivity index (χ3v) is 4.43. The lowest BCUT2D eigenvalue weighted by molar-refractivity contribution is 0.375. The van der Waals surface area contributed by atoms with E-state index in [1.54, 1.807) is 0 Å². The highest BCUT2D eigenvalue weighted by atomic mass is 16.5. The summed E-state index contributed by atoms with van der Waals surface area (Å²) < 4.78 is 11.4. The van der Waals surface area contributed by atoms with E-state index in [4.69, 9.17) is 9.15 Å². The molecule has 0 unspecified atom stereocenters. The minimum Gasteiger partial charge on any atom is -0.488 e. The van der Waals surface area contributed by atoms with Crippen molar-refractivity contribution in [2.45, 2.75) is 13.3 Å². The summed E-state index contributed by atoms with van der Waals surface area (Å²) >= 11 is 0. The minimum absolute atomic E-state index is 0.330. The maximum atomic E-state index is 12.4. The first-order valence-corrected chi connectivity index (χ1v) is 8.31. The van der Waals surface area contributed by atoms with Crippen LogP contribution in [0.25, 0.3) is 11.6 Å². The van der Waals surface area contributed by atoms with Crippen LogP contribution in [0.2, 0.25) is 0 Å².